The third-order valence-electron chi connectivity index (χ3n) is 4.80. The fraction of sp³-hybridized carbons (Fsp3) is 0.0769. The molecule has 0 radical (unpaired) electrons. The quantitative estimate of drug-likeness (QED) is 0.319. The lowest BCUT2D eigenvalue weighted by atomic mass is 10.1. The zero-order valence-corrected chi connectivity index (χ0v) is 17.1. The number of ketones is 1. The molecule has 31 heavy (non-hydrogen) atoms. The second-order valence-corrected chi connectivity index (χ2v) is 6.98. The number of hydrogen-bond donors (Lipinski definition) is 0. The average molecular weight is 412 g/mol. The minimum atomic E-state index is -0.472. The first-order valence-electron chi connectivity index (χ1n) is 9.72. The van der Waals surface area contributed by atoms with Crippen LogP contribution in [0, 0.1) is 6.92 Å². The van der Waals surface area contributed by atoms with Crippen molar-refractivity contribution in [2.45, 2.75) is 6.92 Å². The molecule has 0 spiro atoms. The maximum absolute atomic E-state index is 12.6. The van der Waals surface area contributed by atoms with Gasteiger partial charge in [0.25, 0.3) is 0 Å². The smallest absolute Gasteiger partial charge is 0.343 e. The lowest BCUT2D eigenvalue weighted by Gasteiger charge is -2.06. The van der Waals surface area contributed by atoms with Gasteiger partial charge in [-0.3, -0.25) is 4.79 Å². The van der Waals surface area contributed by atoms with E-state index in [9.17, 15) is 9.59 Å². The Morgan fingerprint density at radius 3 is 2.55 bits per heavy atom. The van der Waals surface area contributed by atoms with Gasteiger partial charge in [-0.2, -0.15) is 0 Å². The Hall–Kier alpha value is -4.12. The van der Waals surface area contributed by atoms with Crippen LogP contribution in [0.2, 0.25) is 0 Å². The molecule has 0 saturated heterocycles. The molecule has 0 bridgehead atoms. The van der Waals surface area contributed by atoms with Crippen LogP contribution in [0.15, 0.2) is 84.6 Å². The summed E-state index contributed by atoms with van der Waals surface area (Å²) in [5, 5.41) is 0. The highest BCUT2D eigenvalue weighted by atomic mass is 16.5. The molecule has 0 saturated carbocycles. The van der Waals surface area contributed by atoms with Gasteiger partial charge in [0.05, 0.1) is 18.2 Å². The van der Waals surface area contributed by atoms with Crippen molar-refractivity contribution in [1.29, 1.82) is 0 Å². The summed E-state index contributed by atoms with van der Waals surface area (Å²) in [7, 11) is 1.61. The molecule has 0 atom stereocenters. The van der Waals surface area contributed by atoms with Crippen molar-refractivity contribution in [3.8, 4) is 17.2 Å². The maximum Gasteiger partial charge on any atom is 0.343 e. The van der Waals surface area contributed by atoms with Gasteiger partial charge >= 0.3 is 5.97 Å². The Bertz CT molecular complexity index is 1200. The van der Waals surface area contributed by atoms with Crippen LogP contribution in [0.3, 0.4) is 0 Å². The first-order valence-corrected chi connectivity index (χ1v) is 9.72. The molecule has 1 aliphatic rings. The maximum atomic E-state index is 12.6. The molecular formula is C26H20O5. The van der Waals surface area contributed by atoms with E-state index in [0.717, 1.165) is 16.9 Å². The monoisotopic (exact) mass is 412 g/mol. The topological polar surface area (TPSA) is 61.8 Å². The first-order chi connectivity index (χ1) is 15.0. The summed E-state index contributed by atoms with van der Waals surface area (Å²) in [5.41, 5.74) is 2.81. The van der Waals surface area contributed by atoms with Gasteiger partial charge in [-0.25, -0.2) is 4.79 Å². The Morgan fingerprint density at radius 1 is 1.00 bits per heavy atom. The number of fused-ring (bicyclic) bond motifs is 1. The molecule has 3 aromatic rings. The fourth-order valence-electron chi connectivity index (χ4n) is 3.14. The summed E-state index contributed by atoms with van der Waals surface area (Å²) < 4.78 is 16.4. The van der Waals surface area contributed by atoms with Crippen LogP contribution in [0.25, 0.3) is 6.08 Å². The van der Waals surface area contributed by atoms with E-state index in [1.165, 1.54) is 0 Å². The van der Waals surface area contributed by atoms with Gasteiger partial charge in [0.15, 0.2) is 5.76 Å². The predicted octanol–water partition coefficient (Wildman–Crippen LogP) is 5.40. The standard InChI is InChI=1S/C26H20O5/c1-17-10-12-19(13-11-17)26(28)30-20-14-15-21-24(16-20)31-23(25(21)27)9-5-7-18-6-3-4-8-22(18)29-2/h3-16H,1-2H3/b7-5+,23-9-. The Kier molecular flexibility index (Phi) is 5.67. The summed E-state index contributed by atoms with van der Waals surface area (Å²) in [6.07, 6.45) is 5.17. The summed E-state index contributed by atoms with van der Waals surface area (Å²) in [6.45, 7) is 1.95. The zero-order chi connectivity index (χ0) is 21.8. The Labute approximate surface area is 180 Å². The SMILES string of the molecule is COc1ccccc1/C=C/C=C1\Oc2cc(OC(=O)c3ccc(C)cc3)ccc2C1=O. The van der Waals surface area contributed by atoms with Crippen molar-refractivity contribution in [2.75, 3.05) is 7.11 Å². The van der Waals surface area contributed by atoms with E-state index in [1.807, 2.05) is 49.4 Å². The number of hydrogen-bond acceptors (Lipinski definition) is 5. The lowest BCUT2D eigenvalue weighted by Crippen LogP contribution is -2.08. The molecule has 0 N–H and O–H groups in total. The number of aryl methyl sites for hydroxylation is 1. The molecule has 5 nitrogen and oxygen atoms in total. The second-order valence-electron chi connectivity index (χ2n) is 6.98. The molecule has 0 aromatic heterocycles. The second kappa shape index (κ2) is 8.71. The minimum absolute atomic E-state index is 0.197. The van der Waals surface area contributed by atoms with Gasteiger partial charge in [-0.15, -0.1) is 0 Å². The van der Waals surface area contributed by atoms with Gasteiger partial charge in [0, 0.05) is 11.6 Å². The number of carbonyl (C=O) groups excluding carboxylic acids is 2. The van der Waals surface area contributed by atoms with Gasteiger partial charge in [-0.05, 0) is 43.3 Å². The highest BCUT2D eigenvalue weighted by Gasteiger charge is 2.27. The van der Waals surface area contributed by atoms with E-state index in [4.69, 9.17) is 14.2 Å². The van der Waals surface area contributed by atoms with Gasteiger partial charge in [0.2, 0.25) is 5.78 Å². The van der Waals surface area contributed by atoms with E-state index in [-0.39, 0.29) is 11.5 Å². The zero-order valence-electron chi connectivity index (χ0n) is 17.1. The molecule has 0 aliphatic carbocycles. The van der Waals surface area contributed by atoms with E-state index in [1.54, 1.807) is 49.6 Å². The molecular weight excluding hydrogens is 392 g/mol. The summed E-state index contributed by atoms with van der Waals surface area (Å²) in [5.74, 6) is 0.900. The molecule has 5 heteroatoms. The van der Waals surface area contributed by atoms with E-state index >= 15 is 0 Å². The molecule has 0 fully saturated rings. The third kappa shape index (κ3) is 4.41. The van der Waals surface area contributed by atoms with Crippen LogP contribution in [-0.4, -0.2) is 18.9 Å². The molecule has 4 rings (SSSR count). The molecule has 0 unspecified atom stereocenters. The van der Waals surface area contributed by atoms with Gasteiger partial charge in [0.1, 0.15) is 17.2 Å². The number of benzene rings is 3. The van der Waals surface area contributed by atoms with Crippen molar-refractivity contribution in [3.05, 3.63) is 107 Å². The Morgan fingerprint density at radius 2 is 1.77 bits per heavy atom. The van der Waals surface area contributed by atoms with Crippen LogP contribution in [0.4, 0.5) is 0 Å². The first kappa shape index (κ1) is 20.2. The Balaban J connectivity index is 1.49. The van der Waals surface area contributed by atoms with Crippen LogP contribution < -0.4 is 14.2 Å². The molecule has 3 aromatic carbocycles. The van der Waals surface area contributed by atoms with E-state index in [0.29, 0.717) is 22.6 Å². The van der Waals surface area contributed by atoms with E-state index in [2.05, 4.69) is 0 Å². The number of esters is 1. The van der Waals surface area contributed by atoms with Gasteiger partial charge in [-0.1, -0.05) is 48.0 Å². The molecule has 154 valence electrons. The lowest BCUT2D eigenvalue weighted by molar-refractivity contribution is 0.0734. The number of rotatable bonds is 5. The number of methoxy groups -OCH3 is 1. The van der Waals surface area contributed by atoms with Crippen LogP contribution in [0.5, 0.6) is 17.2 Å². The predicted molar refractivity (Wildman–Crippen MR) is 118 cm³/mol. The minimum Gasteiger partial charge on any atom is -0.496 e. The number of carbonyl (C=O) groups is 2. The van der Waals surface area contributed by atoms with Crippen molar-refractivity contribution in [3.63, 3.8) is 0 Å². The fourth-order valence-corrected chi connectivity index (χ4v) is 3.14. The van der Waals surface area contributed by atoms with E-state index < -0.39 is 5.97 Å². The van der Waals surface area contributed by atoms with Crippen LogP contribution in [0.1, 0.15) is 31.8 Å². The molecule has 1 heterocycles. The number of ether oxygens (including phenoxy) is 3. The summed E-state index contributed by atoms with van der Waals surface area (Å²) in [6, 6.07) is 19.4. The highest BCUT2D eigenvalue weighted by molar-refractivity contribution is 6.12. The van der Waals surface area contributed by atoms with Crippen LogP contribution >= 0.6 is 0 Å². The van der Waals surface area contributed by atoms with Crippen LogP contribution in [-0.2, 0) is 0 Å². The number of allylic oxidation sites excluding steroid dienone is 3. The van der Waals surface area contributed by atoms with Crippen molar-refractivity contribution >= 4 is 17.8 Å². The normalized spacial score (nSPS) is 13.9. The van der Waals surface area contributed by atoms with Crippen molar-refractivity contribution < 1.29 is 23.8 Å². The number of Topliss-reactive ketones (excluding diaryl/α,β-unsaturated/α-hetero) is 1. The number of para-hydroxylation sites is 1. The third-order valence-corrected chi connectivity index (χ3v) is 4.80. The molecule has 1 aliphatic heterocycles. The van der Waals surface area contributed by atoms with Gasteiger partial charge < -0.3 is 14.2 Å². The largest absolute Gasteiger partial charge is 0.496 e. The molecule has 0 amide bonds. The highest BCUT2D eigenvalue weighted by Crippen LogP contribution is 2.34. The summed E-state index contributed by atoms with van der Waals surface area (Å²) in [4.78, 5) is 24.9. The van der Waals surface area contributed by atoms with Crippen molar-refractivity contribution in [2.24, 2.45) is 0 Å². The average Bonchev–Trinajstić information content (AvgIpc) is 3.09. The summed E-state index contributed by atoms with van der Waals surface area (Å²) >= 11 is 0. The van der Waals surface area contributed by atoms with Crippen molar-refractivity contribution in [1.82, 2.24) is 0 Å².